The van der Waals surface area contributed by atoms with Gasteiger partial charge in [0.15, 0.2) is 22.5 Å². The van der Waals surface area contributed by atoms with Crippen LogP contribution < -0.4 is 0 Å². The molecule has 0 spiro atoms. The van der Waals surface area contributed by atoms with Crippen LogP contribution in [0.1, 0.15) is 27.3 Å². The number of halogens is 2. The van der Waals surface area contributed by atoms with Crippen molar-refractivity contribution in [3.63, 3.8) is 0 Å². The summed E-state index contributed by atoms with van der Waals surface area (Å²) < 4.78 is 28.1. The quantitative estimate of drug-likeness (QED) is 0.570. The highest BCUT2D eigenvalue weighted by molar-refractivity contribution is 7.99. The van der Waals surface area contributed by atoms with Crippen molar-refractivity contribution < 1.29 is 13.6 Å². The number of hydrogen-bond acceptors (Lipinski definition) is 4. The standard InChI is InChI=1S/C18H16F2N2OS2/c1-11-7-14(12(2)22(11)18-21-5-6-25-18)17(23)10-24-9-13-3-4-15(19)16(20)8-13/h3-8H,9-10H2,1-2H3. The van der Waals surface area contributed by atoms with E-state index in [-0.39, 0.29) is 11.5 Å². The van der Waals surface area contributed by atoms with Gasteiger partial charge in [-0.15, -0.1) is 23.1 Å². The Balaban J connectivity index is 1.67. The summed E-state index contributed by atoms with van der Waals surface area (Å²) in [7, 11) is 0. The molecular formula is C18H16F2N2OS2. The Morgan fingerprint density at radius 1 is 1.24 bits per heavy atom. The van der Waals surface area contributed by atoms with Gasteiger partial charge >= 0.3 is 0 Å². The molecule has 0 unspecified atom stereocenters. The number of carbonyl (C=O) groups is 1. The van der Waals surface area contributed by atoms with Crippen LogP contribution in [0.25, 0.3) is 5.13 Å². The Morgan fingerprint density at radius 3 is 2.72 bits per heavy atom. The number of hydrogen-bond donors (Lipinski definition) is 0. The van der Waals surface area contributed by atoms with E-state index in [2.05, 4.69) is 4.98 Å². The number of carbonyl (C=O) groups excluding carboxylic acids is 1. The molecule has 0 N–H and O–H groups in total. The van der Waals surface area contributed by atoms with Gasteiger partial charge in [-0.3, -0.25) is 9.36 Å². The Labute approximate surface area is 152 Å². The summed E-state index contributed by atoms with van der Waals surface area (Å²) >= 11 is 2.90. The van der Waals surface area contributed by atoms with Crippen LogP contribution >= 0.6 is 23.1 Å². The largest absolute Gasteiger partial charge is 0.294 e. The van der Waals surface area contributed by atoms with Crippen molar-refractivity contribution >= 4 is 28.9 Å². The van der Waals surface area contributed by atoms with Crippen LogP contribution in [0, 0.1) is 25.5 Å². The molecule has 7 heteroatoms. The first kappa shape index (κ1) is 17.8. The van der Waals surface area contributed by atoms with E-state index < -0.39 is 11.6 Å². The summed E-state index contributed by atoms with van der Waals surface area (Å²) in [5, 5.41) is 2.73. The molecule has 0 bridgehead atoms. The minimum atomic E-state index is -0.864. The van der Waals surface area contributed by atoms with Crippen LogP contribution in [0.4, 0.5) is 8.78 Å². The number of thioether (sulfide) groups is 1. The first-order valence-corrected chi connectivity index (χ1v) is 9.64. The van der Waals surface area contributed by atoms with Crippen LogP contribution in [0.2, 0.25) is 0 Å². The fourth-order valence-corrected chi connectivity index (χ4v) is 4.24. The molecule has 2 heterocycles. The lowest BCUT2D eigenvalue weighted by Crippen LogP contribution is -2.05. The van der Waals surface area contributed by atoms with Crippen LogP contribution in [-0.4, -0.2) is 21.1 Å². The van der Waals surface area contributed by atoms with E-state index in [1.807, 2.05) is 29.9 Å². The van der Waals surface area contributed by atoms with Gasteiger partial charge in [0.25, 0.3) is 0 Å². The molecule has 3 rings (SSSR count). The SMILES string of the molecule is Cc1cc(C(=O)CSCc2ccc(F)c(F)c2)c(C)n1-c1nccs1. The second-order valence-corrected chi connectivity index (χ2v) is 7.46. The summed E-state index contributed by atoms with van der Waals surface area (Å²) in [6.45, 7) is 3.85. The summed E-state index contributed by atoms with van der Waals surface area (Å²) in [4.78, 5) is 16.8. The van der Waals surface area contributed by atoms with Crippen molar-refractivity contribution in [2.75, 3.05) is 5.75 Å². The number of aryl methyl sites for hydroxylation is 1. The van der Waals surface area contributed by atoms with E-state index in [0.717, 1.165) is 22.6 Å². The highest BCUT2D eigenvalue weighted by Crippen LogP contribution is 2.24. The van der Waals surface area contributed by atoms with E-state index in [1.54, 1.807) is 6.20 Å². The zero-order valence-corrected chi connectivity index (χ0v) is 15.4. The molecule has 0 aliphatic rings. The summed E-state index contributed by atoms with van der Waals surface area (Å²) in [5.74, 6) is -0.977. The van der Waals surface area contributed by atoms with Crippen molar-refractivity contribution in [3.8, 4) is 5.13 Å². The van der Waals surface area contributed by atoms with Crippen LogP contribution in [-0.2, 0) is 5.75 Å². The predicted octanol–water partition coefficient (Wildman–Crippen LogP) is 4.94. The molecule has 25 heavy (non-hydrogen) atoms. The number of rotatable bonds is 6. The Morgan fingerprint density at radius 2 is 2.04 bits per heavy atom. The van der Waals surface area contributed by atoms with Crippen LogP contribution in [0.15, 0.2) is 35.8 Å². The Kier molecular flexibility index (Phi) is 5.34. The highest BCUT2D eigenvalue weighted by atomic mass is 32.2. The molecule has 3 aromatic rings. The molecular weight excluding hydrogens is 362 g/mol. The fraction of sp³-hybridized carbons (Fsp3) is 0.222. The monoisotopic (exact) mass is 378 g/mol. The first-order valence-electron chi connectivity index (χ1n) is 7.61. The van der Waals surface area contributed by atoms with Crippen molar-refractivity contribution in [2.24, 2.45) is 0 Å². The molecule has 0 aliphatic heterocycles. The average molecular weight is 378 g/mol. The van der Waals surface area contributed by atoms with Crippen molar-refractivity contribution in [1.29, 1.82) is 0 Å². The fourth-order valence-electron chi connectivity index (χ4n) is 2.63. The summed E-state index contributed by atoms with van der Waals surface area (Å²) in [6.07, 6.45) is 1.73. The third-order valence-corrected chi connectivity index (χ3v) is 5.59. The van der Waals surface area contributed by atoms with Gasteiger partial charge in [-0.25, -0.2) is 13.8 Å². The molecule has 0 atom stereocenters. The Hall–Kier alpha value is -1.99. The number of thiazole rings is 1. The third kappa shape index (κ3) is 3.82. The maximum atomic E-state index is 13.2. The molecule has 0 saturated heterocycles. The van der Waals surface area contributed by atoms with Crippen molar-refractivity contribution in [3.05, 3.63) is 70.0 Å². The number of aromatic nitrogens is 2. The minimum Gasteiger partial charge on any atom is -0.294 e. The zero-order chi connectivity index (χ0) is 18.0. The van der Waals surface area contributed by atoms with Gasteiger partial charge in [-0.1, -0.05) is 6.07 Å². The number of nitrogens with zero attached hydrogens (tertiary/aromatic N) is 2. The lowest BCUT2D eigenvalue weighted by Gasteiger charge is -2.06. The summed E-state index contributed by atoms with van der Waals surface area (Å²) in [6, 6.07) is 5.68. The lowest BCUT2D eigenvalue weighted by molar-refractivity contribution is 0.102. The second kappa shape index (κ2) is 7.49. The third-order valence-electron chi connectivity index (χ3n) is 3.83. The second-order valence-electron chi connectivity index (χ2n) is 5.60. The van der Waals surface area contributed by atoms with E-state index in [4.69, 9.17) is 0 Å². The van der Waals surface area contributed by atoms with Gasteiger partial charge in [-0.05, 0) is 37.6 Å². The van der Waals surface area contributed by atoms with Gasteiger partial charge in [-0.2, -0.15) is 0 Å². The predicted molar refractivity (Wildman–Crippen MR) is 97.8 cm³/mol. The zero-order valence-electron chi connectivity index (χ0n) is 13.8. The molecule has 0 amide bonds. The highest BCUT2D eigenvalue weighted by Gasteiger charge is 2.17. The molecule has 130 valence electrons. The lowest BCUT2D eigenvalue weighted by atomic mass is 10.2. The van der Waals surface area contributed by atoms with Crippen LogP contribution in [0.5, 0.6) is 0 Å². The smallest absolute Gasteiger partial charge is 0.193 e. The number of benzene rings is 1. The van der Waals surface area contributed by atoms with E-state index in [1.165, 1.54) is 35.2 Å². The van der Waals surface area contributed by atoms with E-state index in [9.17, 15) is 13.6 Å². The average Bonchev–Trinajstić information content (AvgIpc) is 3.18. The summed E-state index contributed by atoms with van der Waals surface area (Å²) in [5.41, 5.74) is 3.16. The topological polar surface area (TPSA) is 34.9 Å². The normalized spacial score (nSPS) is 11.0. The molecule has 1 aromatic carbocycles. The number of Topliss-reactive ketones (excluding diaryl/α,β-unsaturated/α-hetero) is 1. The maximum absolute atomic E-state index is 13.2. The van der Waals surface area contributed by atoms with Crippen LogP contribution in [0.3, 0.4) is 0 Å². The number of ketones is 1. The molecule has 0 saturated carbocycles. The molecule has 0 aliphatic carbocycles. The molecule has 0 radical (unpaired) electrons. The van der Waals surface area contributed by atoms with Gasteiger partial charge in [0.1, 0.15) is 0 Å². The maximum Gasteiger partial charge on any atom is 0.193 e. The first-order chi connectivity index (χ1) is 12.0. The van der Waals surface area contributed by atoms with E-state index in [0.29, 0.717) is 16.9 Å². The minimum absolute atomic E-state index is 0.0171. The van der Waals surface area contributed by atoms with Gasteiger partial charge in [0.05, 0.1) is 5.75 Å². The van der Waals surface area contributed by atoms with Gasteiger partial charge in [0, 0.05) is 34.3 Å². The van der Waals surface area contributed by atoms with Gasteiger partial charge < -0.3 is 0 Å². The Bertz CT molecular complexity index is 904. The van der Waals surface area contributed by atoms with Gasteiger partial charge in [0.2, 0.25) is 0 Å². The van der Waals surface area contributed by atoms with E-state index >= 15 is 0 Å². The molecule has 2 aromatic heterocycles. The molecule has 3 nitrogen and oxygen atoms in total. The van der Waals surface area contributed by atoms with Crippen molar-refractivity contribution in [2.45, 2.75) is 19.6 Å². The van der Waals surface area contributed by atoms with Crippen molar-refractivity contribution in [1.82, 2.24) is 9.55 Å². The molecule has 0 fully saturated rings.